The van der Waals surface area contributed by atoms with E-state index in [-0.39, 0.29) is 12.3 Å². The number of carbonyl (C=O) groups excluding carboxylic acids is 1. The third-order valence-corrected chi connectivity index (χ3v) is 4.55. The third-order valence-electron chi connectivity index (χ3n) is 4.55. The Kier molecular flexibility index (Phi) is 9.76. The number of nitrogens with zero attached hydrogens (tertiary/aromatic N) is 1. The topological polar surface area (TPSA) is 110 Å². The number of ether oxygens (including phenoxy) is 1. The van der Waals surface area contributed by atoms with E-state index in [9.17, 15) is 25.2 Å². The molecule has 0 spiro atoms. The maximum Gasteiger partial charge on any atom is 0.224 e. The normalized spacial score (nSPS) is 30.3. The first kappa shape index (κ1) is 21.3. The van der Waals surface area contributed by atoms with Crippen LogP contribution >= 0.6 is 0 Å². The maximum absolute atomic E-state index is 12.2. The summed E-state index contributed by atoms with van der Waals surface area (Å²) < 4.78 is 5.51. The summed E-state index contributed by atoms with van der Waals surface area (Å²) in [5.74, 6) is -0.187. The zero-order chi connectivity index (χ0) is 18.1. The van der Waals surface area contributed by atoms with E-state index in [2.05, 4.69) is 6.92 Å². The molecule has 0 unspecified atom stereocenters. The lowest BCUT2D eigenvalue weighted by Crippen LogP contribution is -2.64. The van der Waals surface area contributed by atoms with Crippen LogP contribution in [0.15, 0.2) is 0 Å². The minimum absolute atomic E-state index is 0.187. The van der Waals surface area contributed by atoms with Crippen molar-refractivity contribution in [1.82, 2.24) is 4.90 Å². The van der Waals surface area contributed by atoms with Crippen molar-refractivity contribution in [2.75, 3.05) is 13.2 Å². The van der Waals surface area contributed by atoms with Gasteiger partial charge >= 0.3 is 0 Å². The molecule has 0 aromatic rings. The molecule has 142 valence electrons. The lowest BCUT2D eigenvalue weighted by molar-refractivity contribution is -0.262. The summed E-state index contributed by atoms with van der Waals surface area (Å²) in [4.78, 5) is 13.7. The van der Waals surface area contributed by atoms with Gasteiger partial charge in [0.05, 0.1) is 6.61 Å². The molecule has 4 N–H and O–H groups in total. The standard InChI is InChI=1S/C17H33NO6/c1-3-5-6-7-8-9-10-18(13(20)4-2)17-16(23)15(22)14(21)12(11-19)24-17/h12,14-17,19,21-23H,3-11H2,1-2H3/t12-,14-,15+,16-,17-/m1/s1. The van der Waals surface area contributed by atoms with E-state index in [1.165, 1.54) is 17.7 Å². The Morgan fingerprint density at radius 3 is 2.17 bits per heavy atom. The second kappa shape index (κ2) is 11.0. The minimum Gasteiger partial charge on any atom is -0.394 e. The van der Waals surface area contributed by atoms with Gasteiger partial charge in [-0.2, -0.15) is 0 Å². The number of aliphatic hydroxyl groups excluding tert-OH is 4. The number of aliphatic hydroxyl groups is 4. The van der Waals surface area contributed by atoms with Crippen LogP contribution in [-0.4, -0.2) is 75.0 Å². The molecule has 0 saturated carbocycles. The highest BCUT2D eigenvalue weighted by Crippen LogP contribution is 2.24. The largest absolute Gasteiger partial charge is 0.394 e. The van der Waals surface area contributed by atoms with E-state index in [0.29, 0.717) is 6.54 Å². The van der Waals surface area contributed by atoms with Crippen molar-refractivity contribution < 1.29 is 30.0 Å². The molecule has 1 aliphatic rings. The van der Waals surface area contributed by atoms with Gasteiger partial charge in [0.25, 0.3) is 0 Å². The third kappa shape index (κ3) is 5.67. The molecule has 5 atom stereocenters. The van der Waals surface area contributed by atoms with Crippen molar-refractivity contribution >= 4 is 5.91 Å². The smallest absolute Gasteiger partial charge is 0.224 e. The summed E-state index contributed by atoms with van der Waals surface area (Å²) in [6.45, 7) is 3.80. The van der Waals surface area contributed by atoms with Gasteiger partial charge < -0.3 is 30.1 Å². The quantitative estimate of drug-likeness (QED) is 0.425. The van der Waals surface area contributed by atoms with Crippen molar-refractivity contribution in [3.8, 4) is 0 Å². The average Bonchev–Trinajstić information content (AvgIpc) is 2.59. The number of unbranched alkanes of at least 4 members (excludes halogenated alkanes) is 5. The van der Waals surface area contributed by atoms with Crippen molar-refractivity contribution in [2.24, 2.45) is 0 Å². The first-order chi connectivity index (χ1) is 11.5. The molecule has 1 amide bonds. The number of carbonyl (C=O) groups is 1. The van der Waals surface area contributed by atoms with Crippen molar-refractivity contribution in [2.45, 2.75) is 89.4 Å². The monoisotopic (exact) mass is 347 g/mol. The van der Waals surface area contributed by atoms with E-state index >= 15 is 0 Å². The average molecular weight is 347 g/mol. The fourth-order valence-corrected chi connectivity index (χ4v) is 3.00. The molecule has 0 aromatic heterocycles. The lowest BCUT2D eigenvalue weighted by Gasteiger charge is -2.44. The highest BCUT2D eigenvalue weighted by atomic mass is 16.6. The molecule has 1 aliphatic heterocycles. The molecule has 0 radical (unpaired) electrons. The van der Waals surface area contributed by atoms with Gasteiger partial charge in [0, 0.05) is 13.0 Å². The number of hydrogen-bond donors (Lipinski definition) is 4. The zero-order valence-corrected chi connectivity index (χ0v) is 14.8. The van der Waals surface area contributed by atoms with Gasteiger partial charge in [-0.25, -0.2) is 0 Å². The van der Waals surface area contributed by atoms with Crippen LogP contribution in [0.1, 0.15) is 58.8 Å². The lowest BCUT2D eigenvalue weighted by atomic mass is 9.97. The van der Waals surface area contributed by atoms with E-state index in [1.807, 2.05) is 0 Å². The van der Waals surface area contributed by atoms with E-state index in [4.69, 9.17) is 4.74 Å². The van der Waals surface area contributed by atoms with Crippen molar-refractivity contribution in [1.29, 1.82) is 0 Å². The second-order valence-corrected chi connectivity index (χ2v) is 6.43. The minimum atomic E-state index is -1.46. The molecule has 7 nitrogen and oxygen atoms in total. The first-order valence-corrected chi connectivity index (χ1v) is 9.07. The van der Waals surface area contributed by atoms with Gasteiger partial charge in [-0.05, 0) is 6.42 Å². The van der Waals surface area contributed by atoms with Gasteiger partial charge in [0.1, 0.15) is 24.4 Å². The Morgan fingerprint density at radius 2 is 1.58 bits per heavy atom. The second-order valence-electron chi connectivity index (χ2n) is 6.43. The van der Waals surface area contributed by atoms with E-state index in [1.54, 1.807) is 6.92 Å². The fourth-order valence-electron chi connectivity index (χ4n) is 3.00. The highest BCUT2D eigenvalue weighted by molar-refractivity contribution is 5.76. The SMILES string of the molecule is CCCCCCCCN(C(=O)CC)[C@@H]1O[C@H](CO)[C@@H](O)[C@H](O)[C@H]1O. The number of amides is 1. The van der Waals surface area contributed by atoms with Crippen molar-refractivity contribution in [3.05, 3.63) is 0 Å². The van der Waals surface area contributed by atoms with Crippen LogP contribution in [0.2, 0.25) is 0 Å². The van der Waals surface area contributed by atoms with Gasteiger partial charge in [0.2, 0.25) is 5.91 Å². The molecule has 1 rings (SSSR count). The first-order valence-electron chi connectivity index (χ1n) is 9.07. The summed E-state index contributed by atoms with van der Waals surface area (Å²) in [6.07, 6.45) is 0.323. The molecular formula is C17H33NO6. The van der Waals surface area contributed by atoms with Crippen molar-refractivity contribution in [3.63, 3.8) is 0 Å². The molecule has 7 heteroatoms. The molecule has 1 fully saturated rings. The Bertz CT molecular complexity index is 365. The van der Waals surface area contributed by atoms with Gasteiger partial charge in [-0.1, -0.05) is 46.0 Å². The van der Waals surface area contributed by atoms with Gasteiger partial charge in [-0.3, -0.25) is 4.79 Å². The molecule has 0 aromatic carbocycles. The summed E-state index contributed by atoms with van der Waals surface area (Å²) in [6, 6.07) is 0. The molecule has 24 heavy (non-hydrogen) atoms. The zero-order valence-electron chi connectivity index (χ0n) is 14.8. The molecular weight excluding hydrogens is 314 g/mol. The van der Waals surface area contributed by atoms with Gasteiger partial charge in [0.15, 0.2) is 6.23 Å². The predicted octanol–water partition coefficient (Wildman–Crippen LogP) is 0.385. The molecule has 1 heterocycles. The summed E-state index contributed by atoms with van der Waals surface area (Å²) in [5, 5.41) is 39.2. The number of rotatable bonds is 10. The van der Waals surface area contributed by atoms with E-state index in [0.717, 1.165) is 25.7 Å². The highest BCUT2D eigenvalue weighted by Gasteiger charge is 2.46. The van der Waals surface area contributed by atoms with E-state index < -0.39 is 37.3 Å². The van der Waals surface area contributed by atoms with Crippen LogP contribution in [0.4, 0.5) is 0 Å². The summed E-state index contributed by atoms with van der Waals surface area (Å²) in [5.41, 5.74) is 0. The summed E-state index contributed by atoms with van der Waals surface area (Å²) >= 11 is 0. The molecule has 0 aliphatic carbocycles. The van der Waals surface area contributed by atoms with Crippen LogP contribution in [0.25, 0.3) is 0 Å². The van der Waals surface area contributed by atoms with Crippen LogP contribution in [0, 0.1) is 0 Å². The van der Waals surface area contributed by atoms with Crippen LogP contribution in [-0.2, 0) is 9.53 Å². The Labute approximate surface area is 144 Å². The molecule has 0 bridgehead atoms. The Morgan fingerprint density at radius 1 is 0.958 bits per heavy atom. The Hall–Kier alpha value is -0.730. The van der Waals surface area contributed by atoms with Gasteiger partial charge in [-0.15, -0.1) is 0 Å². The predicted molar refractivity (Wildman–Crippen MR) is 89.1 cm³/mol. The van der Waals surface area contributed by atoms with Crippen LogP contribution in [0.5, 0.6) is 0 Å². The van der Waals surface area contributed by atoms with Crippen LogP contribution in [0.3, 0.4) is 0 Å². The summed E-state index contributed by atoms with van der Waals surface area (Å²) in [7, 11) is 0. The molecule has 1 saturated heterocycles. The fraction of sp³-hybridized carbons (Fsp3) is 0.941. The van der Waals surface area contributed by atoms with Crippen LogP contribution < -0.4 is 0 Å². The maximum atomic E-state index is 12.2. The number of hydrogen-bond acceptors (Lipinski definition) is 6. The Balaban J connectivity index is 2.67.